The van der Waals surface area contributed by atoms with Crippen LogP contribution in [0, 0.1) is 0 Å². The third kappa shape index (κ3) is 4.79. The van der Waals surface area contributed by atoms with E-state index in [-0.39, 0.29) is 6.04 Å². The summed E-state index contributed by atoms with van der Waals surface area (Å²) in [5.41, 5.74) is 9.30. The van der Waals surface area contributed by atoms with E-state index < -0.39 is 24.5 Å². The van der Waals surface area contributed by atoms with Gasteiger partial charge in [-0.2, -0.15) is 0 Å². The number of nitrogen functional groups attached to an aromatic ring is 1. The number of nitrogens with zero attached hydrogens (tertiary/aromatic N) is 5. The van der Waals surface area contributed by atoms with E-state index in [2.05, 4.69) is 38.7 Å². The Morgan fingerprint density at radius 1 is 1.19 bits per heavy atom. The Balaban J connectivity index is 1.19. The van der Waals surface area contributed by atoms with Crippen molar-refractivity contribution in [3.63, 3.8) is 0 Å². The first-order valence-corrected chi connectivity index (χ1v) is 12.7. The molecule has 36 heavy (non-hydrogen) atoms. The molecule has 0 saturated carbocycles. The van der Waals surface area contributed by atoms with E-state index in [1.165, 1.54) is 0 Å². The highest BCUT2D eigenvalue weighted by Crippen LogP contribution is 2.33. The second kappa shape index (κ2) is 10.3. The number of nitrogens with two attached hydrogens (primary N) is 1. The van der Waals surface area contributed by atoms with Crippen LogP contribution in [0.3, 0.4) is 0 Å². The fourth-order valence-corrected chi connectivity index (χ4v) is 5.03. The second-order valence-corrected chi connectivity index (χ2v) is 10.0. The monoisotopic (exact) mass is 513 g/mol. The number of benzene rings is 1. The van der Waals surface area contributed by atoms with Gasteiger partial charge in [0.15, 0.2) is 11.9 Å². The van der Waals surface area contributed by atoms with Crippen LogP contribution in [-0.4, -0.2) is 77.1 Å². The van der Waals surface area contributed by atoms with Crippen LogP contribution in [0.5, 0.6) is 0 Å². The number of aryl methyl sites for hydroxylation is 1. The normalized spacial score (nSPS) is 22.5. The van der Waals surface area contributed by atoms with Crippen molar-refractivity contribution < 1.29 is 14.9 Å². The zero-order chi connectivity index (χ0) is 25.4. The van der Waals surface area contributed by atoms with Crippen LogP contribution in [0.15, 0.2) is 36.8 Å². The minimum atomic E-state index is -1.11. The molecule has 0 radical (unpaired) electrons. The van der Waals surface area contributed by atoms with Gasteiger partial charge >= 0.3 is 0 Å². The smallest absolute Gasteiger partial charge is 0.165 e. The zero-order valence-corrected chi connectivity index (χ0v) is 21.1. The molecule has 1 aliphatic heterocycles. The molecule has 10 nitrogen and oxygen atoms in total. The van der Waals surface area contributed by atoms with Crippen molar-refractivity contribution in [2.45, 2.75) is 63.7 Å². The number of hydrogen-bond donors (Lipinski definition) is 4. The number of aliphatic hydroxyl groups excluding tert-OH is 2. The predicted molar refractivity (Wildman–Crippen MR) is 139 cm³/mol. The molecule has 1 aliphatic rings. The van der Waals surface area contributed by atoms with E-state index in [4.69, 9.17) is 22.1 Å². The van der Waals surface area contributed by atoms with E-state index in [1.807, 2.05) is 18.2 Å². The van der Waals surface area contributed by atoms with E-state index in [9.17, 15) is 10.2 Å². The largest absolute Gasteiger partial charge is 0.397 e. The molecule has 0 bridgehead atoms. The molecule has 4 heterocycles. The number of fused-ring (bicyclic) bond motifs is 2. The molecule has 1 fully saturated rings. The van der Waals surface area contributed by atoms with E-state index in [1.54, 1.807) is 23.2 Å². The number of aromatic amines is 1. The Morgan fingerprint density at radius 2 is 2.03 bits per heavy atom. The van der Waals surface area contributed by atoms with Crippen LogP contribution in [0.4, 0.5) is 5.69 Å². The van der Waals surface area contributed by atoms with Crippen molar-refractivity contribution >= 4 is 39.5 Å². The summed E-state index contributed by atoms with van der Waals surface area (Å²) < 4.78 is 7.79. The molecular formula is C25H32ClN7O3. The van der Waals surface area contributed by atoms with Gasteiger partial charge in [0.25, 0.3) is 0 Å². The van der Waals surface area contributed by atoms with Crippen molar-refractivity contribution in [1.82, 2.24) is 29.4 Å². The molecule has 0 spiro atoms. The Hall–Kier alpha value is -2.76. The van der Waals surface area contributed by atoms with Gasteiger partial charge in [-0.3, -0.25) is 9.47 Å². The lowest BCUT2D eigenvalue weighted by atomic mass is 10.1. The summed E-state index contributed by atoms with van der Waals surface area (Å²) in [4.78, 5) is 18.9. The number of nitrogens with one attached hydrogen (secondary N) is 1. The number of para-hydroxylation sites is 1. The van der Waals surface area contributed by atoms with Crippen molar-refractivity contribution in [3.8, 4) is 0 Å². The molecule has 0 unspecified atom stereocenters. The number of aliphatic hydroxyl groups is 2. The molecule has 1 aromatic carbocycles. The molecule has 0 aliphatic carbocycles. The molecule has 11 heteroatoms. The van der Waals surface area contributed by atoms with Crippen LogP contribution >= 0.6 is 11.6 Å². The summed E-state index contributed by atoms with van der Waals surface area (Å²) in [6.45, 7) is 5.56. The fourth-order valence-electron chi connectivity index (χ4n) is 4.81. The summed E-state index contributed by atoms with van der Waals surface area (Å²) in [6.07, 6.45) is 2.38. The molecule has 5 rings (SSSR count). The Bertz CT molecular complexity index is 1340. The number of anilines is 1. The lowest BCUT2D eigenvalue weighted by molar-refractivity contribution is -0.0469. The first-order chi connectivity index (χ1) is 17.3. The first kappa shape index (κ1) is 24.9. The number of halogens is 1. The van der Waals surface area contributed by atoms with Crippen molar-refractivity contribution in [3.05, 3.63) is 47.6 Å². The summed E-state index contributed by atoms with van der Waals surface area (Å²) in [5.74, 6) is 0.927. The van der Waals surface area contributed by atoms with Crippen LogP contribution in [0.25, 0.3) is 22.2 Å². The summed E-state index contributed by atoms with van der Waals surface area (Å²) in [7, 11) is 0. The molecular weight excluding hydrogens is 482 g/mol. The molecule has 3 aromatic heterocycles. The lowest BCUT2D eigenvalue weighted by Crippen LogP contribution is -2.43. The third-order valence-electron chi connectivity index (χ3n) is 6.87. The second-order valence-electron chi connectivity index (χ2n) is 9.63. The predicted octanol–water partition coefficient (Wildman–Crippen LogP) is 2.90. The Morgan fingerprint density at radius 3 is 2.81 bits per heavy atom. The Labute approximate surface area is 214 Å². The molecule has 5 N–H and O–H groups in total. The number of rotatable bonds is 9. The highest BCUT2D eigenvalue weighted by Gasteiger charge is 2.45. The number of unbranched alkanes of at least 4 members (excludes halogenated alkanes) is 1. The van der Waals surface area contributed by atoms with Gasteiger partial charge in [0, 0.05) is 25.2 Å². The van der Waals surface area contributed by atoms with Gasteiger partial charge in [0.2, 0.25) is 0 Å². The van der Waals surface area contributed by atoms with Gasteiger partial charge in [-0.15, -0.1) is 0 Å². The lowest BCUT2D eigenvalue weighted by Gasteiger charge is -2.30. The molecule has 1 saturated heterocycles. The van der Waals surface area contributed by atoms with Crippen molar-refractivity contribution in [2.24, 2.45) is 0 Å². The number of aromatic nitrogens is 5. The fraction of sp³-hybridized carbons (Fsp3) is 0.480. The summed E-state index contributed by atoms with van der Waals surface area (Å²) >= 11 is 6.25. The highest BCUT2D eigenvalue weighted by molar-refractivity contribution is 6.34. The van der Waals surface area contributed by atoms with Crippen LogP contribution < -0.4 is 5.73 Å². The number of H-pyrrole nitrogens is 1. The van der Waals surface area contributed by atoms with Crippen LogP contribution in [0.1, 0.15) is 38.7 Å². The van der Waals surface area contributed by atoms with Gasteiger partial charge in [-0.25, -0.2) is 15.0 Å². The number of imidazole rings is 2. The maximum Gasteiger partial charge on any atom is 0.165 e. The topological polar surface area (TPSA) is 138 Å². The van der Waals surface area contributed by atoms with E-state index in [0.717, 1.165) is 42.7 Å². The van der Waals surface area contributed by atoms with E-state index >= 15 is 0 Å². The van der Waals surface area contributed by atoms with Gasteiger partial charge in [0.05, 0.1) is 28.1 Å². The quantitative estimate of drug-likeness (QED) is 0.251. The summed E-state index contributed by atoms with van der Waals surface area (Å²) in [5, 5.41) is 22.2. The average Bonchev–Trinajstić information content (AvgIpc) is 3.54. The summed E-state index contributed by atoms with van der Waals surface area (Å²) in [6, 6.07) is 7.63. The first-order valence-electron chi connectivity index (χ1n) is 12.3. The van der Waals surface area contributed by atoms with Gasteiger partial charge in [0.1, 0.15) is 29.7 Å². The van der Waals surface area contributed by atoms with Gasteiger partial charge in [-0.1, -0.05) is 17.7 Å². The minimum Gasteiger partial charge on any atom is -0.397 e. The van der Waals surface area contributed by atoms with Gasteiger partial charge in [-0.05, 0) is 51.4 Å². The number of ether oxygens (including phenoxy) is 1. The van der Waals surface area contributed by atoms with Crippen LogP contribution in [0.2, 0.25) is 5.02 Å². The third-order valence-corrected chi connectivity index (χ3v) is 7.19. The zero-order valence-electron chi connectivity index (χ0n) is 20.4. The van der Waals surface area contributed by atoms with E-state index in [0.29, 0.717) is 28.4 Å². The van der Waals surface area contributed by atoms with Crippen molar-refractivity contribution in [1.29, 1.82) is 0 Å². The molecule has 4 atom stereocenters. The highest BCUT2D eigenvalue weighted by atomic mass is 35.5. The maximum absolute atomic E-state index is 10.8. The molecule has 4 aromatic rings. The Kier molecular flexibility index (Phi) is 7.14. The molecule has 0 amide bonds. The van der Waals surface area contributed by atoms with Crippen LogP contribution in [-0.2, 0) is 11.2 Å². The standard InChI is InChI=1S/C25H32ClN7O3/c1-14(2)32(11-4-3-8-19-30-17-7-5-6-15(26)20(17)31-19)12-18-22(34)23(35)25(36-18)33-13-29-21-16(27)9-10-28-24(21)33/h5-7,9-10,13-14,18,22-23,25,34-35H,3-4,8,11-12H2,1-2H3,(H2,27,28)(H,30,31)/t18-,22-,23-,25-/m1/s1. The van der Waals surface area contributed by atoms with Crippen molar-refractivity contribution in [2.75, 3.05) is 18.8 Å². The van der Waals surface area contributed by atoms with Gasteiger partial charge < -0.3 is 25.7 Å². The maximum atomic E-state index is 10.8. The number of pyridine rings is 1. The minimum absolute atomic E-state index is 0.248. The number of hydrogen-bond acceptors (Lipinski definition) is 8. The average molecular weight is 514 g/mol. The SMILES string of the molecule is CC(C)N(CCCCc1nc2cccc(Cl)c2[nH]1)C[C@H]1O[C@@H](n2cnc3c(N)ccnc32)[C@H](O)[C@@H]1O. The molecule has 192 valence electrons.